The smallest absolute Gasteiger partial charge is 0.375 e. The second-order valence-corrected chi connectivity index (χ2v) is 8.01. The van der Waals surface area contributed by atoms with Gasteiger partial charge in [-0.2, -0.15) is 18.3 Å². The Hall–Kier alpha value is -3.15. The molecule has 1 saturated heterocycles. The van der Waals surface area contributed by atoms with E-state index >= 15 is 0 Å². The minimum absolute atomic E-state index is 0.182. The van der Waals surface area contributed by atoms with E-state index in [-0.39, 0.29) is 38.2 Å². The first kappa shape index (κ1) is 23.0. The second kappa shape index (κ2) is 8.65. The largest absolute Gasteiger partial charge is 0.419 e. The molecule has 178 valence electrons. The lowest BCUT2D eigenvalue weighted by Gasteiger charge is -2.32. The third kappa shape index (κ3) is 4.52. The lowest BCUT2D eigenvalue weighted by Crippen LogP contribution is -2.42. The highest BCUT2D eigenvalue weighted by Gasteiger charge is 2.38. The fourth-order valence-corrected chi connectivity index (χ4v) is 3.91. The normalized spacial score (nSPS) is 17.1. The molecule has 0 radical (unpaired) electrons. The van der Waals surface area contributed by atoms with Gasteiger partial charge in [-0.3, -0.25) is 9.25 Å². The van der Waals surface area contributed by atoms with E-state index in [4.69, 9.17) is 4.74 Å². The molecule has 0 amide bonds. The molecule has 0 bridgehead atoms. The molecule has 8 nitrogen and oxygen atoms in total. The maximum absolute atomic E-state index is 14.9. The molecule has 1 aliphatic heterocycles. The Bertz CT molecular complexity index is 1210. The van der Waals surface area contributed by atoms with E-state index in [1.807, 2.05) is 6.92 Å². The molecule has 33 heavy (non-hydrogen) atoms. The molecule has 0 unspecified atom stereocenters. The summed E-state index contributed by atoms with van der Waals surface area (Å²) < 4.78 is 65.5. The lowest BCUT2D eigenvalue weighted by molar-refractivity contribution is -0.140. The van der Waals surface area contributed by atoms with Gasteiger partial charge in [0.2, 0.25) is 0 Å². The van der Waals surface area contributed by atoms with Crippen LogP contribution in [-0.4, -0.2) is 49.7 Å². The third-order valence-corrected chi connectivity index (χ3v) is 5.50. The fraction of sp³-hybridized carbons (Fsp3) is 0.476. The van der Waals surface area contributed by atoms with Crippen molar-refractivity contribution in [3.8, 4) is 5.82 Å². The number of hydrogen-bond acceptors (Lipinski definition) is 5. The van der Waals surface area contributed by atoms with Crippen molar-refractivity contribution in [2.75, 3.05) is 24.6 Å². The van der Waals surface area contributed by atoms with E-state index in [9.17, 15) is 22.4 Å². The van der Waals surface area contributed by atoms with Gasteiger partial charge >= 0.3 is 11.9 Å². The molecule has 0 N–H and O–H groups in total. The first-order valence-corrected chi connectivity index (χ1v) is 10.5. The van der Waals surface area contributed by atoms with Crippen molar-refractivity contribution >= 4 is 5.82 Å². The number of imidazole rings is 1. The molecule has 4 rings (SSSR count). The van der Waals surface area contributed by atoms with Crippen molar-refractivity contribution < 1.29 is 22.3 Å². The third-order valence-electron chi connectivity index (χ3n) is 5.50. The quantitative estimate of drug-likeness (QED) is 0.539. The number of alkyl halides is 3. The van der Waals surface area contributed by atoms with Crippen molar-refractivity contribution in [1.82, 2.24) is 23.9 Å². The number of aryl methyl sites for hydroxylation is 2. The molecule has 3 aromatic heterocycles. The van der Waals surface area contributed by atoms with Gasteiger partial charge in [-0.25, -0.2) is 18.7 Å². The van der Waals surface area contributed by atoms with Gasteiger partial charge in [0.1, 0.15) is 5.82 Å². The SMILES string of the molecule is CCn1cc(Cn2cc(C)n(-c3cc(C(F)(F)F)c(F)c(N4CCO[C@H](C)C4)n3)c2=O)cn1. The minimum atomic E-state index is -4.96. The Morgan fingerprint density at radius 1 is 1.27 bits per heavy atom. The number of anilines is 1. The molecule has 1 fully saturated rings. The zero-order chi connectivity index (χ0) is 23.9. The summed E-state index contributed by atoms with van der Waals surface area (Å²) in [6.45, 7) is 6.71. The number of ether oxygens (including phenoxy) is 1. The number of pyridine rings is 1. The molecule has 12 heteroatoms. The molecule has 1 aliphatic rings. The van der Waals surface area contributed by atoms with Gasteiger partial charge in [-0.05, 0) is 26.8 Å². The van der Waals surface area contributed by atoms with E-state index < -0.39 is 29.1 Å². The molecule has 0 spiro atoms. The van der Waals surface area contributed by atoms with Crippen LogP contribution >= 0.6 is 0 Å². The summed E-state index contributed by atoms with van der Waals surface area (Å²) in [7, 11) is 0. The van der Waals surface area contributed by atoms with E-state index in [0.29, 0.717) is 18.3 Å². The number of aromatic nitrogens is 5. The monoisotopic (exact) mass is 468 g/mol. The van der Waals surface area contributed by atoms with Crippen LogP contribution in [0.2, 0.25) is 0 Å². The molecule has 3 aromatic rings. The standard InChI is InChI=1S/C21H24F4N6O2/c1-4-30-12-15(8-26-30)11-29-9-13(2)31(20(29)32)17-7-16(21(23,24)25)18(22)19(27-17)28-5-6-33-14(3)10-28/h7-9,12,14H,4-6,10-11H2,1-3H3/t14-/m1/s1. The summed E-state index contributed by atoms with van der Waals surface area (Å²) in [6, 6.07) is 0.580. The number of rotatable bonds is 5. The van der Waals surface area contributed by atoms with Gasteiger partial charge < -0.3 is 9.64 Å². The van der Waals surface area contributed by atoms with Crippen molar-refractivity contribution in [2.24, 2.45) is 0 Å². The van der Waals surface area contributed by atoms with Gasteiger partial charge in [-0.1, -0.05) is 0 Å². The maximum Gasteiger partial charge on any atom is 0.419 e. The van der Waals surface area contributed by atoms with E-state index in [2.05, 4.69) is 10.1 Å². The zero-order valence-electron chi connectivity index (χ0n) is 18.4. The van der Waals surface area contributed by atoms with Crippen LogP contribution in [0.1, 0.15) is 30.7 Å². The van der Waals surface area contributed by atoms with Gasteiger partial charge in [-0.15, -0.1) is 0 Å². The molecule has 0 aliphatic carbocycles. The van der Waals surface area contributed by atoms with Crippen LogP contribution in [-0.2, 0) is 24.0 Å². The molecule has 0 saturated carbocycles. The summed E-state index contributed by atoms with van der Waals surface area (Å²) >= 11 is 0. The first-order valence-electron chi connectivity index (χ1n) is 10.5. The average Bonchev–Trinajstić information content (AvgIpc) is 3.31. The highest BCUT2D eigenvalue weighted by molar-refractivity contribution is 5.50. The number of morpholine rings is 1. The van der Waals surface area contributed by atoms with Crippen LogP contribution in [0.15, 0.2) is 29.5 Å². The fourth-order valence-electron chi connectivity index (χ4n) is 3.91. The summed E-state index contributed by atoms with van der Waals surface area (Å²) in [5.41, 5.74) is -0.909. The lowest BCUT2D eigenvalue weighted by atomic mass is 10.2. The minimum Gasteiger partial charge on any atom is -0.375 e. The highest BCUT2D eigenvalue weighted by atomic mass is 19.4. The summed E-state index contributed by atoms with van der Waals surface area (Å²) in [4.78, 5) is 18.7. The molecule has 0 aromatic carbocycles. The molecule has 1 atom stereocenters. The number of hydrogen-bond donors (Lipinski definition) is 0. The Labute approximate surface area is 187 Å². The predicted molar refractivity (Wildman–Crippen MR) is 112 cm³/mol. The van der Waals surface area contributed by atoms with E-state index in [1.165, 1.54) is 15.7 Å². The molecular weight excluding hydrogens is 444 g/mol. The highest BCUT2D eigenvalue weighted by Crippen LogP contribution is 2.36. The van der Waals surface area contributed by atoms with Crippen molar-refractivity contribution in [1.29, 1.82) is 0 Å². The van der Waals surface area contributed by atoms with Crippen molar-refractivity contribution in [3.05, 3.63) is 57.8 Å². The van der Waals surface area contributed by atoms with Gasteiger partial charge in [0, 0.05) is 43.3 Å². The molecular formula is C21H24F4N6O2. The number of halogens is 4. The van der Waals surface area contributed by atoms with Crippen LogP contribution in [0.4, 0.5) is 23.4 Å². The van der Waals surface area contributed by atoms with Crippen LogP contribution in [0.25, 0.3) is 5.82 Å². The van der Waals surface area contributed by atoms with E-state index in [1.54, 1.807) is 30.9 Å². The van der Waals surface area contributed by atoms with Crippen LogP contribution in [0, 0.1) is 12.7 Å². The van der Waals surface area contributed by atoms with Gasteiger partial charge in [0.15, 0.2) is 11.6 Å². The number of nitrogens with zero attached hydrogens (tertiary/aromatic N) is 6. The van der Waals surface area contributed by atoms with Gasteiger partial charge in [0.25, 0.3) is 0 Å². The molecule has 4 heterocycles. The second-order valence-electron chi connectivity index (χ2n) is 8.01. The Morgan fingerprint density at radius 2 is 2.03 bits per heavy atom. The summed E-state index contributed by atoms with van der Waals surface area (Å²) in [6.07, 6.45) is -0.316. The summed E-state index contributed by atoms with van der Waals surface area (Å²) in [5, 5.41) is 4.17. The Balaban J connectivity index is 1.80. The maximum atomic E-state index is 14.9. The van der Waals surface area contributed by atoms with Gasteiger partial charge in [0.05, 0.1) is 31.0 Å². The summed E-state index contributed by atoms with van der Waals surface area (Å²) in [5.74, 6) is -2.20. The van der Waals surface area contributed by atoms with Crippen LogP contribution in [0.5, 0.6) is 0 Å². The van der Waals surface area contributed by atoms with E-state index in [0.717, 1.165) is 10.1 Å². The zero-order valence-corrected chi connectivity index (χ0v) is 18.4. The Morgan fingerprint density at radius 3 is 2.67 bits per heavy atom. The first-order chi connectivity index (χ1) is 15.6. The van der Waals surface area contributed by atoms with Crippen LogP contribution in [0.3, 0.4) is 0 Å². The average molecular weight is 468 g/mol. The Kier molecular flexibility index (Phi) is 6.04. The van der Waals surface area contributed by atoms with Crippen LogP contribution < -0.4 is 10.6 Å². The predicted octanol–water partition coefficient (Wildman–Crippen LogP) is 2.99. The van der Waals surface area contributed by atoms with Crippen molar-refractivity contribution in [2.45, 2.75) is 46.1 Å². The topological polar surface area (TPSA) is 70.1 Å². The van der Waals surface area contributed by atoms with Crippen molar-refractivity contribution in [3.63, 3.8) is 0 Å².